The zero-order valence-electron chi connectivity index (χ0n) is 9.61. The van der Waals surface area contributed by atoms with Crippen molar-refractivity contribution in [2.45, 2.75) is 24.0 Å². The molecule has 0 bridgehead atoms. The van der Waals surface area contributed by atoms with Crippen LogP contribution in [0.15, 0.2) is 20.1 Å². The van der Waals surface area contributed by atoms with Crippen molar-refractivity contribution in [2.24, 2.45) is 0 Å². The summed E-state index contributed by atoms with van der Waals surface area (Å²) in [6.45, 7) is 3.75. The van der Waals surface area contributed by atoms with Gasteiger partial charge < -0.3 is 4.74 Å². The zero-order chi connectivity index (χ0) is 12.7. The fraction of sp³-hybridized carbons (Fsp3) is 0.600. The van der Waals surface area contributed by atoms with E-state index in [-0.39, 0.29) is 0 Å². The van der Waals surface area contributed by atoms with Gasteiger partial charge in [-0.15, -0.1) is 11.3 Å². The number of hydrogen-bond donors (Lipinski definition) is 1. The first kappa shape index (κ1) is 15.1. The summed E-state index contributed by atoms with van der Waals surface area (Å²) in [7, 11) is -3.37. The second-order valence-corrected chi connectivity index (χ2v) is 7.15. The van der Waals surface area contributed by atoms with E-state index >= 15 is 0 Å². The first-order valence-electron chi connectivity index (χ1n) is 5.38. The second-order valence-electron chi connectivity index (χ2n) is 3.42. The summed E-state index contributed by atoms with van der Waals surface area (Å²) in [6.07, 6.45) is 1.66. The SMILES string of the molecule is CCCOCCCNS(=O)(=O)c1sccc1Br. The van der Waals surface area contributed by atoms with Gasteiger partial charge in [-0.05, 0) is 40.2 Å². The molecular weight excluding hydrogens is 326 g/mol. The molecular formula is C10H16BrNO3S2. The number of nitrogens with one attached hydrogen (secondary N) is 1. The lowest BCUT2D eigenvalue weighted by Gasteiger charge is -2.05. The fourth-order valence-corrected chi connectivity index (χ4v) is 4.62. The lowest BCUT2D eigenvalue weighted by molar-refractivity contribution is 0.133. The Morgan fingerprint density at radius 1 is 1.47 bits per heavy atom. The minimum Gasteiger partial charge on any atom is -0.381 e. The molecule has 1 heterocycles. The van der Waals surface area contributed by atoms with Crippen molar-refractivity contribution in [1.29, 1.82) is 0 Å². The van der Waals surface area contributed by atoms with E-state index < -0.39 is 10.0 Å². The van der Waals surface area contributed by atoms with E-state index in [1.807, 2.05) is 6.92 Å². The average Bonchev–Trinajstić information content (AvgIpc) is 2.70. The number of rotatable bonds is 8. The topological polar surface area (TPSA) is 55.4 Å². The van der Waals surface area contributed by atoms with Gasteiger partial charge in [0.25, 0.3) is 10.0 Å². The number of halogens is 1. The molecule has 0 fully saturated rings. The van der Waals surface area contributed by atoms with Gasteiger partial charge in [0.2, 0.25) is 0 Å². The third kappa shape index (κ3) is 5.05. The predicted molar refractivity (Wildman–Crippen MR) is 72.9 cm³/mol. The summed E-state index contributed by atoms with van der Waals surface area (Å²) in [5, 5.41) is 1.74. The highest BCUT2D eigenvalue weighted by molar-refractivity contribution is 9.10. The van der Waals surface area contributed by atoms with E-state index in [4.69, 9.17) is 4.74 Å². The van der Waals surface area contributed by atoms with E-state index in [0.29, 0.717) is 28.3 Å². The summed E-state index contributed by atoms with van der Waals surface area (Å²) in [6, 6.07) is 1.73. The van der Waals surface area contributed by atoms with Crippen molar-refractivity contribution < 1.29 is 13.2 Å². The molecule has 0 radical (unpaired) electrons. The van der Waals surface area contributed by atoms with Crippen LogP contribution >= 0.6 is 27.3 Å². The van der Waals surface area contributed by atoms with E-state index in [1.54, 1.807) is 11.4 Å². The van der Waals surface area contributed by atoms with Gasteiger partial charge in [0, 0.05) is 24.2 Å². The largest absolute Gasteiger partial charge is 0.381 e. The van der Waals surface area contributed by atoms with Crippen LogP contribution in [0.25, 0.3) is 0 Å². The van der Waals surface area contributed by atoms with E-state index in [1.165, 1.54) is 11.3 Å². The highest BCUT2D eigenvalue weighted by Gasteiger charge is 2.18. The Morgan fingerprint density at radius 2 is 2.24 bits per heavy atom. The third-order valence-electron chi connectivity index (χ3n) is 1.93. The Bertz CT molecular complexity index is 431. The molecule has 1 aromatic heterocycles. The summed E-state index contributed by atoms with van der Waals surface area (Å²) < 4.78 is 32.4. The van der Waals surface area contributed by atoms with Gasteiger partial charge in [-0.2, -0.15) is 0 Å². The van der Waals surface area contributed by atoms with E-state index in [2.05, 4.69) is 20.7 Å². The Kier molecular flexibility index (Phi) is 6.65. The summed E-state index contributed by atoms with van der Waals surface area (Å²) in [5.41, 5.74) is 0. The maximum atomic E-state index is 11.8. The van der Waals surface area contributed by atoms with Crippen LogP contribution in [0.2, 0.25) is 0 Å². The predicted octanol–water partition coefficient (Wildman–Crippen LogP) is 2.61. The molecule has 1 aromatic rings. The van der Waals surface area contributed by atoms with Crippen molar-refractivity contribution in [1.82, 2.24) is 4.72 Å². The Hall–Kier alpha value is 0.0500. The Morgan fingerprint density at radius 3 is 2.82 bits per heavy atom. The zero-order valence-corrected chi connectivity index (χ0v) is 12.8. The highest BCUT2D eigenvalue weighted by Crippen LogP contribution is 2.27. The van der Waals surface area contributed by atoms with Crippen molar-refractivity contribution in [3.8, 4) is 0 Å². The maximum absolute atomic E-state index is 11.8. The molecule has 0 saturated carbocycles. The minimum atomic E-state index is -3.37. The Balaban J connectivity index is 2.34. The van der Waals surface area contributed by atoms with Crippen molar-refractivity contribution >= 4 is 37.3 Å². The molecule has 0 amide bonds. The molecule has 0 atom stereocenters. The number of sulfonamides is 1. The first-order chi connectivity index (χ1) is 8.08. The van der Waals surface area contributed by atoms with Gasteiger partial charge in [0.1, 0.15) is 4.21 Å². The van der Waals surface area contributed by atoms with Crippen LogP contribution in [-0.2, 0) is 14.8 Å². The summed E-state index contributed by atoms with van der Waals surface area (Å²) >= 11 is 4.41. The molecule has 0 aliphatic rings. The van der Waals surface area contributed by atoms with Crippen LogP contribution in [0.4, 0.5) is 0 Å². The van der Waals surface area contributed by atoms with Crippen molar-refractivity contribution in [2.75, 3.05) is 19.8 Å². The molecule has 0 unspecified atom stereocenters. The first-order valence-corrected chi connectivity index (χ1v) is 8.54. The molecule has 0 saturated heterocycles. The van der Waals surface area contributed by atoms with Crippen LogP contribution in [0.5, 0.6) is 0 Å². The van der Waals surface area contributed by atoms with Crippen LogP contribution in [-0.4, -0.2) is 28.2 Å². The minimum absolute atomic E-state index is 0.326. The second kappa shape index (κ2) is 7.48. The van der Waals surface area contributed by atoms with Crippen molar-refractivity contribution in [3.63, 3.8) is 0 Å². The average molecular weight is 342 g/mol. The number of thiophene rings is 1. The number of ether oxygens (including phenoxy) is 1. The maximum Gasteiger partial charge on any atom is 0.251 e. The summed E-state index contributed by atoms with van der Waals surface area (Å²) in [5.74, 6) is 0. The lowest BCUT2D eigenvalue weighted by Crippen LogP contribution is -2.25. The molecule has 0 spiro atoms. The van der Waals surface area contributed by atoms with Crippen LogP contribution in [0, 0.1) is 0 Å². The monoisotopic (exact) mass is 341 g/mol. The smallest absolute Gasteiger partial charge is 0.251 e. The lowest BCUT2D eigenvalue weighted by atomic mass is 10.4. The van der Waals surface area contributed by atoms with Gasteiger partial charge in [-0.1, -0.05) is 6.92 Å². The van der Waals surface area contributed by atoms with Gasteiger partial charge in [0.15, 0.2) is 0 Å². The standard InChI is InChI=1S/C10H16BrNO3S2/c1-2-6-15-7-3-5-12-17(13,14)10-9(11)4-8-16-10/h4,8,12H,2-3,5-7H2,1H3. The van der Waals surface area contributed by atoms with E-state index in [0.717, 1.165) is 13.0 Å². The van der Waals surface area contributed by atoms with E-state index in [9.17, 15) is 8.42 Å². The normalized spacial score (nSPS) is 11.9. The van der Waals surface area contributed by atoms with Gasteiger partial charge in [0.05, 0.1) is 0 Å². The highest BCUT2D eigenvalue weighted by atomic mass is 79.9. The molecule has 1 N–H and O–H groups in total. The molecule has 7 heteroatoms. The molecule has 0 aliphatic carbocycles. The molecule has 4 nitrogen and oxygen atoms in total. The van der Waals surface area contributed by atoms with Gasteiger partial charge in [-0.25, -0.2) is 13.1 Å². The summed E-state index contributed by atoms with van der Waals surface area (Å²) in [4.78, 5) is 0. The molecule has 1 rings (SSSR count). The van der Waals surface area contributed by atoms with Crippen LogP contribution in [0.3, 0.4) is 0 Å². The van der Waals surface area contributed by atoms with Crippen molar-refractivity contribution in [3.05, 3.63) is 15.9 Å². The quantitative estimate of drug-likeness (QED) is 0.739. The Labute approximate surface area is 115 Å². The van der Waals surface area contributed by atoms with Gasteiger partial charge in [-0.3, -0.25) is 0 Å². The van der Waals surface area contributed by atoms with Crippen LogP contribution < -0.4 is 4.72 Å². The van der Waals surface area contributed by atoms with Crippen LogP contribution in [0.1, 0.15) is 19.8 Å². The molecule has 17 heavy (non-hydrogen) atoms. The van der Waals surface area contributed by atoms with Gasteiger partial charge >= 0.3 is 0 Å². The molecule has 0 aromatic carbocycles. The molecule has 0 aliphatic heterocycles. The fourth-order valence-electron chi connectivity index (χ4n) is 1.16. The number of hydrogen-bond acceptors (Lipinski definition) is 4. The molecule has 98 valence electrons. The third-order valence-corrected chi connectivity index (χ3v) is 6.07.